The van der Waals surface area contributed by atoms with Crippen LogP contribution in [0, 0.1) is 0 Å². The molecule has 0 spiro atoms. The molecule has 0 saturated carbocycles. The van der Waals surface area contributed by atoms with Gasteiger partial charge >= 0.3 is 0 Å². The van der Waals surface area contributed by atoms with E-state index in [0.717, 1.165) is 31.4 Å². The van der Waals surface area contributed by atoms with E-state index in [9.17, 15) is 9.59 Å². The Hall–Kier alpha value is -1.89. The molecule has 0 bridgehead atoms. The fourth-order valence-electron chi connectivity index (χ4n) is 3.07. The molecule has 7 nitrogen and oxygen atoms in total. The SMILES string of the molecule is CNC(C(=O)NC(C)C(=O)N1CCCCC1C)c1cnn(C)c1. The highest BCUT2D eigenvalue weighted by molar-refractivity contribution is 5.90. The number of aromatic nitrogens is 2. The maximum Gasteiger partial charge on any atom is 0.245 e. The van der Waals surface area contributed by atoms with Crippen molar-refractivity contribution >= 4 is 11.8 Å². The molecule has 1 saturated heterocycles. The number of hydrogen-bond acceptors (Lipinski definition) is 4. The van der Waals surface area contributed by atoms with Gasteiger partial charge in [-0.25, -0.2) is 0 Å². The highest BCUT2D eigenvalue weighted by atomic mass is 16.2. The Morgan fingerprint density at radius 3 is 2.70 bits per heavy atom. The third-order valence-corrected chi connectivity index (χ3v) is 4.42. The summed E-state index contributed by atoms with van der Waals surface area (Å²) < 4.78 is 1.65. The molecule has 3 unspecified atom stereocenters. The van der Waals surface area contributed by atoms with Crippen molar-refractivity contribution in [1.82, 2.24) is 25.3 Å². The normalized spacial score (nSPS) is 20.9. The van der Waals surface area contributed by atoms with Gasteiger partial charge in [-0.3, -0.25) is 14.3 Å². The molecule has 1 aliphatic heterocycles. The summed E-state index contributed by atoms with van der Waals surface area (Å²) in [7, 11) is 3.52. The van der Waals surface area contributed by atoms with E-state index in [1.54, 1.807) is 38.1 Å². The van der Waals surface area contributed by atoms with Crippen molar-refractivity contribution in [2.45, 2.75) is 51.2 Å². The van der Waals surface area contributed by atoms with Crippen LogP contribution in [-0.4, -0.2) is 52.2 Å². The van der Waals surface area contributed by atoms with Gasteiger partial charge in [0.05, 0.1) is 6.20 Å². The summed E-state index contributed by atoms with van der Waals surface area (Å²) in [5, 5.41) is 9.89. The molecule has 1 aromatic heterocycles. The van der Waals surface area contributed by atoms with Gasteiger partial charge in [-0.1, -0.05) is 0 Å². The Kier molecular flexibility index (Phi) is 5.76. The number of amides is 2. The minimum Gasteiger partial charge on any atom is -0.343 e. The molecular formula is C16H27N5O2. The minimum atomic E-state index is -0.532. The molecule has 23 heavy (non-hydrogen) atoms. The van der Waals surface area contributed by atoms with Crippen molar-refractivity contribution in [3.8, 4) is 0 Å². The third-order valence-electron chi connectivity index (χ3n) is 4.42. The van der Waals surface area contributed by atoms with Crippen LogP contribution in [0.1, 0.15) is 44.7 Å². The second-order valence-corrected chi connectivity index (χ2v) is 6.28. The van der Waals surface area contributed by atoms with Crippen LogP contribution in [0.4, 0.5) is 0 Å². The van der Waals surface area contributed by atoms with Crippen molar-refractivity contribution in [1.29, 1.82) is 0 Å². The third kappa shape index (κ3) is 4.10. The maximum atomic E-state index is 12.6. The summed E-state index contributed by atoms with van der Waals surface area (Å²) in [4.78, 5) is 26.9. The van der Waals surface area contributed by atoms with E-state index in [1.807, 2.05) is 4.90 Å². The Labute approximate surface area is 137 Å². The van der Waals surface area contributed by atoms with Crippen molar-refractivity contribution in [3.63, 3.8) is 0 Å². The van der Waals surface area contributed by atoms with Gasteiger partial charge in [0.1, 0.15) is 12.1 Å². The van der Waals surface area contributed by atoms with E-state index in [1.165, 1.54) is 0 Å². The number of carbonyl (C=O) groups excluding carboxylic acids is 2. The first-order valence-electron chi connectivity index (χ1n) is 8.20. The summed E-state index contributed by atoms with van der Waals surface area (Å²) in [6.45, 7) is 4.59. The first-order valence-corrected chi connectivity index (χ1v) is 8.20. The zero-order valence-electron chi connectivity index (χ0n) is 14.4. The van der Waals surface area contributed by atoms with Gasteiger partial charge in [0, 0.05) is 31.4 Å². The van der Waals surface area contributed by atoms with E-state index < -0.39 is 12.1 Å². The van der Waals surface area contributed by atoms with Gasteiger partial charge in [0.15, 0.2) is 0 Å². The fourth-order valence-corrected chi connectivity index (χ4v) is 3.07. The van der Waals surface area contributed by atoms with E-state index >= 15 is 0 Å². The number of aryl methyl sites for hydroxylation is 1. The van der Waals surface area contributed by atoms with E-state index in [-0.39, 0.29) is 17.9 Å². The summed E-state index contributed by atoms with van der Waals surface area (Å²) in [5.41, 5.74) is 0.776. The summed E-state index contributed by atoms with van der Waals surface area (Å²) >= 11 is 0. The summed E-state index contributed by atoms with van der Waals surface area (Å²) in [6, 6.07) is -0.803. The van der Waals surface area contributed by atoms with Crippen LogP contribution >= 0.6 is 0 Å². The maximum absolute atomic E-state index is 12.6. The molecule has 2 amide bonds. The molecule has 3 atom stereocenters. The molecule has 2 N–H and O–H groups in total. The van der Waals surface area contributed by atoms with Gasteiger partial charge in [-0.15, -0.1) is 0 Å². The van der Waals surface area contributed by atoms with Crippen LogP contribution in [0.2, 0.25) is 0 Å². The average Bonchev–Trinajstić information content (AvgIpc) is 2.94. The Bertz CT molecular complexity index is 556. The van der Waals surface area contributed by atoms with Crippen LogP contribution in [0.15, 0.2) is 12.4 Å². The van der Waals surface area contributed by atoms with Crippen LogP contribution in [0.3, 0.4) is 0 Å². The Balaban J connectivity index is 1.98. The molecular weight excluding hydrogens is 294 g/mol. The lowest BCUT2D eigenvalue weighted by Crippen LogP contribution is -2.52. The number of nitrogens with one attached hydrogen (secondary N) is 2. The molecule has 2 heterocycles. The van der Waals surface area contributed by atoms with Crippen LogP contribution < -0.4 is 10.6 Å². The molecule has 7 heteroatoms. The number of likely N-dealkylation sites (tertiary alicyclic amines) is 1. The van der Waals surface area contributed by atoms with Gasteiger partial charge in [0.2, 0.25) is 11.8 Å². The molecule has 128 valence electrons. The lowest BCUT2D eigenvalue weighted by molar-refractivity contribution is -0.139. The highest BCUT2D eigenvalue weighted by Crippen LogP contribution is 2.18. The van der Waals surface area contributed by atoms with Crippen molar-refractivity contribution in [2.75, 3.05) is 13.6 Å². The number of hydrogen-bond donors (Lipinski definition) is 2. The van der Waals surface area contributed by atoms with Crippen molar-refractivity contribution < 1.29 is 9.59 Å². The molecule has 0 radical (unpaired) electrons. The molecule has 1 aliphatic rings. The number of nitrogens with zero attached hydrogens (tertiary/aromatic N) is 3. The van der Waals surface area contributed by atoms with Gasteiger partial charge in [-0.2, -0.15) is 5.10 Å². The summed E-state index contributed by atoms with van der Waals surface area (Å²) in [6.07, 6.45) is 6.67. The van der Waals surface area contributed by atoms with Crippen molar-refractivity contribution in [3.05, 3.63) is 18.0 Å². The van der Waals surface area contributed by atoms with Crippen molar-refractivity contribution in [2.24, 2.45) is 7.05 Å². The standard InChI is InChI=1S/C16H27N5O2/c1-11-7-5-6-8-21(11)16(23)12(2)19-15(22)14(17-3)13-9-18-20(4)10-13/h9-12,14,17H,5-8H2,1-4H3,(H,19,22). The lowest BCUT2D eigenvalue weighted by atomic mass is 10.0. The Morgan fingerprint density at radius 2 is 2.13 bits per heavy atom. The number of piperidine rings is 1. The smallest absolute Gasteiger partial charge is 0.245 e. The quantitative estimate of drug-likeness (QED) is 0.832. The van der Waals surface area contributed by atoms with Gasteiger partial charge < -0.3 is 15.5 Å². The molecule has 0 aliphatic carbocycles. The molecule has 2 rings (SSSR count). The second kappa shape index (κ2) is 7.59. The zero-order chi connectivity index (χ0) is 17.0. The fraction of sp³-hybridized carbons (Fsp3) is 0.688. The van der Waals surface area contributed by atoms with Crippen LogP contribution in [-0.2, 0) is 16.6 Å². The first kappa shape index (κ1) is 17.5. The average molecular weight is 321 g/mol. The van der Waals surface area contributed by atoms with E-state index in [2.05, 4.69) is 22.7 Å². The monoisotopic (exact) mass is 321 g/mol. The largest absolute Gasteiger partial charge is 0.343 e. The van der Waals surface area contributed by atoms with E-state index in [4.69, 9.17) is 0 Å². The summed E-state index contributed by atoms with van der Waals surface area (Å²) in [5.74, 6) is -0.224. The predicted molar refractivity (Wildman–Crippen MR) is 87.6 cm³/mol. The predicted octanol–water partition coefficient (Wildman–Crippen LogP) is 0.586. The van der Waals surface area contributed by atoms with Crippen LogP contribution in [0.25, 0.3) is 0 Å². The van der Waals surface area contributed by atoms with Gasteiger partial charge in [0.25, 0.3) is 0 Å². The molecule has 1 fully saturated rings. The Morgan fingerprint density at radius 1 is 1.39 bits per heavy atom. The van der Waals surface area contributed by atoms with E-state index in [0.29, 0.717) is 0 Å². The topological polar surface area (TPSA) is 79.3 Å². The number of carbonyl (C=O) groups is 2. The zero-order valence-corrected chi connectivity index (χ0v) is 14.4. The molecule has 1 aromatic rings. The highest BCUT2D eigenvalue weighted by Gasteiger charge is 2.29. The number of rotatable bonds is 5. The lowest BCUT2D eigenvalue weighted by Gasteiger charge is -2.35. The van der Waals surface area contributed by atoms with Gasteiger partial charge in [-0.05, 0) is 40.2 Å². The minimum absolute atomic E-state index is 0.00779. The number of likely N-dealkylation sites (N-methyl/N-ethyl adjacent to an activating group) is 1. The first-order chi connectivity index (χ1) is 10.9. The molecule has 0 aromatic carbocycles. The second-order valence-electron chi connectivity index (χ2n) is 6.28. The van der Waals surface area contributed by atoms with Crippen LogP contribution in [0.5, 0.6) is 0 Å².